The highest BCUT2D eigenvalue weighted by atomic mass is 16.5. The summed E-state index contributed by atoms with van der Waals surface area (Å²) in [5, 5.41) is 0. The second-order valence-electron chi connectivity index (χ2n) is 4.46. The van der Waals surface area contributed by atoms with E-state index in [1.54, 1.807) is 0 Å². The lowest BCUT2D eigenvalue weighted by Gasteiger charge is -2.34. The zero-order chi connectivity index (χ0) is 10.0. The molecule has 2 heterocycles. The Labute approximate surface area is 84.8 Å². The van der Waals surface area contributed by atoms with Crippen molar-refractivity contribution in [3.63, 3.8) is 0 Å². The smallest absolute Gasteiger partial charge is 0.169 e. The first-order valence-corrected chi connectivity index (χ1v) is 5.48. The molecule has 2 aliphatic heterocycles. The minimum atomic E-state index is -0.517. The van der Waals surface area contributed by atoms with Gasteiger partial charge in [0.25, 0.3) is 0 Å². The van der Waals surface area contributed by atoms with E-state index >= 15 is 0 Å². The summed E-state index contributed by atoms with van der Waals surface area (Å²) in [7, 11) is 0. The van der Waals surface area contributed by atoms with Gasteiger partial charge in [0.05, 0.1) is 6.61 Å². The third-order valence-electron chi connectivity index (χ3n) is 3.29. The van der Waals surface area contributed by atoms with Crippen LogP contribution in [0.2, 0.25) is 0 Å². The van der Waals surface area contributed by atoms with Gasteiger partial charge in [-0.1, -0.05) is 0 Å². The zero-order valence-corrected chi connectivity index (χ0v) is 8.75. The van der Waals surface area contributed by atoms with Crippen LogP contribution < -0.4 is 0 Å². The molecule has 0 spiro atoms. The first kappa shape index (κ1) is 10.1. The van der Waals surface area contributed by atoms with Crippen molar-refractivity contribution in [2.24, 2.45) is 5.92 Å². The zero-order valence-electron chi connectivity index (χ0n) is 8.75. The van der Waals surface area contributed by atoms with Crippen molar-refractivity contribution in [2.75, 3.05) is 19.8 Å². The molecule has 0 saturated carbocycles. The monoisotopic (exact) mass is 198 g/mol. The number of ether oxygens (including phenoxy) is 2. The quantitative estimate of drug-likeness (QED) is 0.675. The Bertz CT molecular complexity index is 213. The van der Waals surface area contributed by atoms with Crippen molar-refractivity contribution in [3.05, 3.63) is 0 Å². The van der Waals surface area contributed by atoms with Gasteiger partial charge in [0, 0.05) is 19.1 Å². The molecule has 0 aromatic carbocycles. The molecule has 2 rings (SSSR count). The van der Waals surface area contributed by atoms with Gasteiger partial charge in [-0.2, -0.15) is 0 Å². The third-order valence-corrected chi connectivity index (χ3v) is 3.29. The number of ketones is 1. The molecular formula is C11H18O3. The summed E-state index contributed by atoms with van der Waals surface area (Å²) in [5.74, 6) is 0.341. The van der Waals surface area contributed by atoms with Crippen molar-refractivity contribution in [1.29, 1.82) is 0 Å². The Kier molecular flexibility index (Phi) is 2.88. The molecule has 0 aromatic rings. The highest BCUT2D eigenvalue weighted by Crippen LogP contribution is 2.30. The van der Waals surface area contributed by atoms with Crippen LogP contribution in [0.15, 0.2) is 0 Å². The van der Waals surface area contributed by atoms with Crippen LogP contribution in [-0.4, -0.2) is 31.2 Å². The van der Waals surface area contributed by atoms with Gasteiger partial charge in [0.2, 0.25) is 0 Å². The van der Waals surface area contributed by atoms with E-state index in [9.17, 15) is 4.79 Å². The highest BCUT2D eigenvalue weighted by molar-refractivity contribution is 5.89. The van der Waals surface area contributed by atoms with Gasteiger partial charge >= 0.3 is 0 Å². The molecular weight excluding hydrogens is 180 g/mol. The highest BCUT2D eigenvalue weighted by Gasteiger charge is 2.40. The maximum atomic E-state index is 12.1. The van der Waals surface area contributed by atoms with Gasteiger partial charge in [0.15, 0.2) is 5.78 Å². The molecule has 0 radical (unpaired) electrons. The Morgan fingerprint density at radius 3 is 2.79 bits per heavy atom. The minimum Gasteiger partial charge on any atom is -0.381 e. The summed E-state index contributed by atoms with van der Waals surface area (Å²) >= 11 is 0. The summed E-state index contributed by atoms with van der Waals surface area (Å²) in [4.78, 5) is 12.1. The van der Waals surface area contributed by atoms with Crippen molar-refractivity contribution < 1.29 is 14.3 Å². The van der Waals surface area contributed by atoms with Gasteiger partial charge in [-0.3, -0.25) is 4.79 Å². The average Bonchev–Trinajstić information content (AvgIpc) is 2.70. The van der Waals surface area contributed by atoms with E-state index in [1.165, 1.54) is 0 Å². The molecule has 3 heteroatoms. The molecule has 0 N–H and O–H groups in total. The van der Waals surface area contributed by atoms with Crippen LogP contribution in [0.5, 0.6) is 0 Å². The van der Waals surface area contributed by atoms with E-state index < -0.39 is 5.60 Å². The summed E-state index contributed by atoms with van der Waals surface area (Å²) in [6, 6.07) is 0. The molecule has 2 saturated heterocycles. The van der Waals surface area contributed by atoms with Crippen LogP contribution in [0.3, 0.4) is 0 Å². The maximum Gasteiger partial charge on any atom is 0.169 e. The van der Waals surface area contributed by atoms with E-state index in [0.29, 0.717) is 6.61 Å². The van der Waals surface area contributed by atoms with E-state index in [4.69, 9.17) is 9.47 Å². The number of carbonyl (C=O) groups is 1. The summed E-state index contributed by atoms with van der Waals surface area (Å²) in [6.45, 7) is 3.99. The average molecular weight is 198 g/mol. The lowest BCUT2D eigenvalue weighted by Crippen LogP contribution is -2.45. The largest absolute Gasteiger partial charge is 0.381 e. The lowest BCUT2D eigenvalue weighted by molar-refractivity contribution is -0.152. The first-order valence-electron chi connectivity index (χ1n) is 5.48. The standard InChI is InChI=1S/C11H18O3/c1-11(5-2-3-6-14-11)10(12)9-4-7-13-8-9/h9H,2-8H2,1H3. The van der Waals surface area contributed by atoms with Gasteiger partial charge in [-0.25, -0.2) is 0 Å². The van der Waals surface area contributed by atoms with E-state index in [0.717, 1.165) is 38.9 Å². The molecule has 0 aliphatic carbocycles. The number of hydrogen-bond donors (Lipinski definition) is 0. The van der Waals surface area contributed by atoms with Crippen LogP contribution in [0, 0.1) is 5.92 Å². The first-order chi connectivity index (χ1) is 6.72. The molecule has 80 valence electrons. The van der Waals surface area contributed by atoms with Crippen molar-refractivity contribution in [3.8, 4) is 0 Å². The molecule has 2 unspecified atom stereocenters. The van der Waals surface area contributed by atoms with Crippen molar-refractivity contribution in [2.45, 2.75) is 38.2 Å². The van der Waals surface area contributed by atoms with E-state index in [-0.39, 0.29) is 11.7 Å². The fourth-order valence-corrected chi connectivity index (χ4v) is 2.30. The fraction of sp³-hybridized carbons (Fsp3) is 0.909. The van der Waals surface area contributed by atoms with Crippen LogP contribution in [0.1, 0.15) is 32.6 Å². The predicted octanol–water partition coefficient (Wildman–Crippen LogP) is 1.55. The predicted molar refractivity (Wildman–Crippen MR) is 52.1 cm³/mol. The van der Waals surface area contributed by atoms with Gasteiger partial charge in [-0.15, -0.1) is 0 Å². The van der Waals surface area contributed by atoms with Crippen LogP contribution in [0.25, 0.3) is 0 Å². The number of hydrogen-bond acceptors (Lipinski definition) is 3. The normalized spacial score (nSPS) is 38.5. The Hall–Kier alpha value is -0.410. The molecule has 0 bridgehead atoms. The second-order valence-corrected chi connectivity index (χ2v) is 4.46. The summed E-state index contributed by atoms with van der Waals surface area (Å²) in [5.41, 5.74) is -0.517. The van der Waals surface area contributed by atoms with E-state index in [2.05, 4.69) is 0 Å². The Morgan fingerprint density at radius 1 is 1.36 bits per heavy atom. The molecule has 14 heavy (non-hydrogen) atoms. The number of carbonyl (C=O) groups excluding carboxylic acids is 1. The molecule has 2 aliphatic rings. The third kappa shape index (κ3) is 1.84. The minimum absolute atomic E-state index is 0.0816. The SMILES string of the molecule is CC1(C(=O)C2CCOC2)CCCCO1. The van der Waals surface area contributed by atoms with E-state index in [1.807, 2.05) is 6.92 Å². The molecule has 2 fully saturated rings. The van der Waals surface area contributed by atoms with Gasteiger partial charge < -0.3 is 9.47 Å². The number of rotatable bonds is 2. The maximum absolute atomic E-state index is 12.1. The Balaban J connectivity index is 2.00. The van der Waals surface area contributed by atoms with Gasteiger partial charge in [-0.05, 0) is 32.6 Å². The van der Waals surface area contributed by atoms with Crippen molar-refractivity contribution in [1.82, 2.24) is 0 Å². The number of Topliss-reactive ketones (excluding diaryl/α,β-unsaturated/α-hetero) is 1. The van der Waals surface area contributed by atoms with Crippen molar-refractivity contribution >= 4 is 5.78 Å². The molecule has 2 atom stereocenters. The summed E-state index contributed by atoms with van der Waals surface area (Å²) < 4.78 is 10.9. The van der Waals surface area contributed by atoms with Crippen LogP contribution in [-0.2, 0) is 14.3 Å². The lowest BCUT2D eigenvalue weighted by atomic mass is 9.84. The van der Waals surface area contributed by atoms with Crippen LogP contribution >= 0.6 is 0 Å². The molecule has 3 nitrogen and oxygen atoms in total. The Morgan fingerprint density at radius 2 is 2.21 bits per heavy atom. The second kappa shape index (κ2) is 3.99. The fourth-order valence-electron chi connectivity index (χ4n) is 2.30. The molecule has 0 aromatic heterocycles. The molecule has 0 amide bonds. The topological polar surface area (TPSA) is 35.5 Å². The summed E-state index contributed by atoms with van der Waals surface area (Å²) in [6.07, 6.45) is 3.94. The van der Waals surface area contributed by atoms with Crippen LogP contribution in [0.4, 0.5) is 0 Å². The van der Waals surface area contributed by atoms with Gasteiger partial charge in [0.1, 0.15) is 5.60 Å².